The molecule has 2 rings (SSSR count). The Morgan fingerprint density at radius 1 is 1.31 bits per heavy atom. The Balaban J connectivity index is 2.40. The minimum atomic E-state index is 0.553. The quantitative estimate of drug-likeness (QED) is 0.886. The number of anilines is 1. The molecule has 0 unspecified atom stereocenters. The molecule has 0 amide bonds. The maximum atomic E-state index is 5.79. The fraction of sp³-hybridized carbons (Fsp3) is 0.333. The van der Waals surface area contributed by atoms with Crippen molar-refractivity contribution in [2.75, 3.05) is 5.73 Å². The van der Waals surface area contributed by atoms with Gasteiger partial charge in [-0.1, -0.05) is 6.92 Å². The predicted octanol–water partition coefficient (Wildman–Crippen LogP) is 3.05. The fourth-order valence-corrected chi connectivity index (χ4v) is 2.28. The average Bonchev–Trinajstić information content (AvgIpc) is 2.64. The molecular formula is C12H15N3S. The summed E-state index contributed by atoms with van der Waals surface area (Å²) >= 11 is 1.72. The van der Waals surface area contributed by atoms with E-state index in [1.807, 2.05) is 6.07 Å². The molecule has 0 saturated carbocycles. The van der Waals surface area contributed by atoms with Crippen LogP contribution in [0.25, 0.3) is 11.3 Å². The SMILES string of the molecule is CCCc1nc(N)cc(-c2csc(C)c2)n1. The largest absolute Gasteiger partial charge is 0.384 e. The van der Waals surface area contributed by atoms with Crippen molar-refractivity contribution in [1.29, 1.82) is 0 Å². The molecule has 0 radical (unpaired) electrons. The summed E-state index contributed by atoms with van der Waals surface area (Å²) in [6.45, 7) is 4.20. The van der Waals surface area contributed by atoms with Gasteiger partial charge in [0.2, 0.25) is 0 Å². The third kappa shape index (κ3) is 2.39. The lowest BCUT2D eigenvalue weighted by atomic mass is 10.2. The van der Waals surface area contributed by atoms with Crippen LogP contribution >= 0.6 is 11.3 Å². The zero-order valence-electron chi connectivity index (χ0n) is 9.53. The summed E-state index contributed by atoms with van der Waals surface area (Å²) in [7, 11) is 0. The molecule has 0 aromatic carbocycles. The van der Waals surface area contributed by atoms with Crippen LogP contribution in [-0.4, -0.2) is 9.97 Å². The van der Waals surface area contributed by atoms with Gasteiger partial charge in [0.05, 0.1) is 5.69 Å². The first-order chi connectivity index (χ1) is 7.69. The lowest BCUT2D eigenvalue weighted by Crippen LogP contribution is -2.00. The summed E-state index contributed by atoms with van der Waals surface area (Å²) in [5, 5.41) is 2.10. The van der Waals surface area contributed by atoms with Crippen molar-refractivity contribution in [3.63, 3.8) is 0 Å². The highest BCUT2D eigenvalue weighted by molar-refractivity contribution is 7.10. The van der Waals surface area contributed by atoms with Crippen LogP contribution in [0.15, 0.2) is 17.5 Å². The van der Waals surface area contributed by atoms with Gasteiger partial charge in [-0.2, -0.15) is 0 Å². The number of nitrogens with zero attached hydrogens (tertiary/aromatic N) is 2. The first-order valence-electron chi connectivity index (χ1n) is 5.38. The second-order valence-electron chi connectivity index (χ2n) is 3.79. The van der Waals surface area contributed by atoms with Gasteiger partial charge in [-0.15, -0.1) is 11.3 Å². The average molecular weight is 233 g/mol. The third-order valence-electron chi connectivity index (χ3n) is 2.29. The Labute approximate surface area is 99.4 Å². The van der Waals surface area contributed by atoms with E-state index in [0.29, 0.717) is 5.82 Å². The van der Waals surface area contributed by atoms with Crippen LogP contribution in [0.2, 0.25) is 0 Å². The molecule has 0 bridgehead atoms. The number of hydrogen-bond donors (Lipinski definition) is 1. The van der Waals surface area contributed by atoms with Gasteiger partial charge >= 0.3 is 0 Å². The van der Waals surface area contributed by atoms with Gasteiger partial charge in [0, 0.05) is 28.3 Å². The highest BCUT2D eigenvalue weighted by Crippen LogP contribution is 2.24. The van der Waals surface area contributed by atoms with E-state index in [0.717, 1.165) is 29.9 Å². The molecular weight excluding hydrogens is 218 g/mol. The number of nitrogen functional groups attached to an aromatic ring is 1. The van der Waals surface area contributed by atoms with Crippen molar-refractivity contribution in [3.05, 3.63) is 28.2 Å². The monoisotopic (exact) mass is 233 g/mol. The molecule has 0 saturated heterocycles. The fourth-order valence-electron chi connectivity index (χ4n) is 1.58. The molecule has 2 heterocycles. The number of rotatable bonds is 3. The van der Waals surface area contributed by atoms with Gasteiger partial charge in [0.1, 0.15) is 11.6 Å². The molecule has 0 atom stereocenters. The molecule has 0 spiro atoms. The first kappa shape index (κ1) is 11.1. The minimum absolute atomic E-state index is 0.553. The Morgan fingerprint density at radius 3 is 2.75 bits per heavy atom. The zero-order valence-corrected chi connectivity index (χ0v) is 10.3. The molecule has 0 aliphatic rings. The molecule has 2 aromatic rings. The van der Waals surface area contributed by atoms with Crippen molar-refractivity contribution < 1.29 is 0 Å². The van der Waals surface area contributed by atoms with Gasteiger partial charge in [-0.3, -0.25) is 0 Å². The molecule has 2 N–H and O–H groups in total. The van der Waals surface area contributed by atoms with E-state index in [9.17, 15) is 0 Å². The molecule has 16 heavy (non-hydrogen) atoms. The van der Waals surface area contributed by atoms with Crippen molar-refractivity contribution in [2.24, 2.45) is 0 Å². The van der Waals surface area contributed by atoms with Gasteiger partial charge < -0.3 is 5.73 Å². The summed E-state index contributed by atoms with van der Waals surface area (Å²) in [5.41, 5.74) is 7.85. The standard InChI is InChI=1S/C12H15N3S/c1-3-4-12-14-10(6-11(13)15-12)9-5-8(2)16-7-9/h5-7H,3-4H2,1-2H3,(H2,13,14,15). The molecule has 4 heteroatoms. The van der Waals surface area contributed by atoms with Crippen LogP contribution in [0.3, 0.4) is 0 Å². The Bertz CT molecular complexity index is 491. The maximum absolute atomic E-state index is 5.79. The van der Waals surface area contributed by atoms with E-state index in [2.05, 4.69) is 35.3 Å². The van der Waals surface area contributed by atoms with Crippen LogP contribution in [0.4, 0.5) is 5.82 Å². The number of aromatic nitrogens is 2. The minimum Gasteiger partial charge on any atom is -0.384 e. The van der Waals surface area contributed by atoms with Crippen molar-refractivity contribution in [1.82, 2.24) is 9.97 Å². The van der Waals surface area contributed by atoms with E-state index in [-0.39, 0.29) is 0 Å². The summed E-state index contributed by atoms with van der Waals surface area (Å²) in [6, 6.07) is 3.96. The van der Waals surface area contributed by atoms with Gasteiger partial charge in [0.15, 0.2) is 0 Å². The van der Waals surface area contributed by atoms with Gasteiger partial charge in [0.25, 0.3) is 0 Å². The summed E-state index contributed by atoms with van der Waals surface area (Å²) in [6.07, 6.45) is 1.91. The van der Waals surface area contributed by atoms with Crippen molar-refractivity contribution >= 4 is 17.2 Å². The van der Waals surface area contributed by atoms with Crippen LogP contribution in [0.1, 0.15) is 24.0 Å². The molecule has 0 aliphatic heterocycles. The van der Waals surface area contributed by atoms with Gasteiger partial charge in [-0.25, -0.2) is 9.97 Å². The topological polar surface area (TPSA) is 51.8 Å². The Hall–Kier alpha value is -1.42. The molecule has 0 fully saturated rings. The molecule has 3 nitrogen and oxygen atoms in total. The van der Waals surface area contributed by atoms with Crippen LogP contribution in [-0.2, 0) is 6.42 Å². The van der Waals surface area contributed by atoms with E-state index in [4.69, 9.17) is 5.73 Å². The number of aryl methyl sites for hydroxylation is 2. The first-order valence-corrected chi connectivity index (χ1v) is 6.26. The molecule has 84 valence electrons. The normalized spacial score (nSPS) is 10.6. The van der Waals surface area contributed by atoms with Crippen molar-refractivity contribution in [2.45, 2.75) is 26.7 Å². The Morgan fingerprint density at radius 2 is 2.12 bits per heavy atom. The lowest BCUT2D eigenvalue weighted by molar-refractivity contribution is 0.839. The summed E-state index contributed by atoms with van der Waals surface area (Å²) in [5.74, 6) is 1.39. The van der Waals surface area contributed by atoms with Crippen LogP contribution in [0, 0.1) is 6.92 Å². The second kappa shape index (κ2) is 4.61. The van der Waals surface area contributed by atoms with Crippen LogP contribution in [0.5, 0.6) is 0 Å². The van der Waals surface area contributed by atoms with E-state index in [1.54, 1.807) is 11.3 Å². The summed E-state index contributed by atoms with van der Waals surface area (Å²) < 4.78 is 0. The maximum Gasteiger partial charge on any atom is 0.131 e. The van der Waals surface area contributed by atoms with Crippen LogP contribution < -0.4 is 5.73 Å². The smallest absolute Gasteiger partial charge is 0.131 e. The highest BCUT2D eigenvalue weighted by atomic mass is 32.1. The lowest BCUT2D eigenvalue weighted by Gasteiger charge is -2.03. The van der Waals surface area contributed by atoms with Crippen molar-refractivity contribution in [3.8, 4) is 11.3 Å². The second-order valence-corrected chi connectivity index (χ2v) is 4.91. The Kier molecular flexibility index (Phi) is 3.19. The zero-order chi connectivity index (χ0) is 11.5. The van der Waals surface area contributed by atoms with E-state index >= 15 is 0 Å². The van der Waals surface area contributed by atoms with E-state index < -0.39 is 0 Å². The van der Waals surface area contributed by atoms with Gasteiger partial charge in [-0.05, 0) is 19.4 Å². The molecule has 0 aliphatic carbocycles. The molecule has 2 aromatic heterocycles. The van der Waals surface area contributed by atoms with E-state index in [1.165, 1.54) is 4.88 Å². The predicted molar refractivity (Wildman–Crippen MR) is 68.5 cm³/mol. The highest BCUT2D eigenvalue weighted by Gasteiger charge is 2.05. The summed E-state index contributed by atoms with van der Waals surface area (Å²) in [4.78, 5) is 10.0. The number of hydrogen-bond acceptors (Lipinski definition) is 4. The number of thiophene rings is 1. The third-order valence-corrected chi connectivity index (χ3v) is 3.15. The number of nitrogens with two attached hydrogens (primary N) is 1.